The Balaban J connectivity index is 1.84. The van der Waals surface area contributed by atoms with Crippen molar-refractivity contribution in [1.82, 2.24) is 10.0 Å². The largest absolute Gasteiger partial charge is 0.317 e. The molecule has 1 heterocycles. The van der Waals surface area contributed by atoms with Gasteiger partial charge in [-0.2, -0.15) is 0 Å². The number of rotatable bonds is 5. The molecular weight excluding hydrogens is 260 g/mol. The molecular formula is C14H22N2O2S. The third kappa shape index (κ3) is 4.93. The molecule has 0 atom stereocenters. The lowest BCUT2D eigenvalue weighted by Crippen LogP contribution is -2.35. The quantitative estimate of drug-likeness (QED) is 0.858. The molecule has 1 aromatic carbocycles. The van der Waals surface area contributed by atoms with Crippen molar-refractivity contribution < 1.29 is 8.42 Å². The summed E-state index contributed by atoms with van der Waals surface area (Å²) >= 11 is 0. The van der Waals surface area contributed by atoms with Crippen LogP contribution in [0.15, 0.2) is 24.3 Å². The smallest absolute Gasteiger partial charge is 0.212 e. The highest BCUT2D eigenvalue weighted by Gasteiger charge is 2.20. The van der Waals surface area contributed by atoms with Crippen LogP contribution in [0.3, 0.4) is 0 Å². The lowest BCUT2D eigenvalue weighted by molar-refractivity contribution is 0.400. The molecule has 19 heavy (non-hydrogen) atoms. The molecule has 106 valence electrons. The van der Waals surface area contributed by atoms with Crippen LogP contribution in [0.25, 0.3) is 0 Å². The van der Waals surface area contributed by atoms with E-state index in [1.165, 1.54) is 5.56 Å². The number of sulfonamides is 1. The van der Waals surface area contributed by atoms with E-state index in [-0.39, 0.29) is 11.7 Å². The van der Waals surface area contributed by atoms with E-state index in [4.69, 9.17) is 0 Å². The molecule has 5 heteroatoms. The molecule has 1 aliphatic heterocycles. The van der Waals surface area contributed by atoms with E-state index >= 15 is 0 Å². The zero-order valence-corrected chi connectivity index (χ0v) is 12.2. The molecule has 0 unspecified atom stereocenters. The fourth-order valence-corrected chi connectivity index (χ4v) is 3.78. The Morgan fingerprint density at radius 2 is 1.84 bits per heavy atom. The van der Waals surface area contributed by atoms with Gasteiger partial charge in [0, 0.05) is 6.54 Å². The van der Waals surface area contributed by atoms with E-state index < -0.39 is 10.0 Å². The summed E-state index contributed by atoms with van der Waals surface area (Å²) in [5.74, 6) is 0.539. The minimum absolute atomic E-state index is 0.251. The maximum atomic E-state index is 12.0. The summed E-state index contributed by atoms with van der Waals surface area (Å²) in [4.78, 5) is 0. The monoisotopic (exact) mass is 282 g/mol. The first-order chi connectivity index (χ1) is 9.05. The minimum atomic E-state index is -3.17. The van der Waals surface area contributed by atoms with Gasteiger partial charge in [0.25, 0.3) is 0 Å². The van der Waals surface area contributed by atoms with Crippen LogP contribution in [-0.2, 0) is 16.6 Å². The first-order valence-corrected chi connectivity index (χ1v) is 8.44. The molecule has 0 bridgehead atoms. The summed E-state index contributed by atoms with van der Waals surface area (Å²) < 4.78 is 26.7. The van der Waals surface area contributed by atoms with Crippen LogP contribution in [0.2, 0.25) is 0 Å². The highest BCUT2D eigenvalue weighted by molar-refractivity contribution is 7.89. The van der Waals surface area contributed by atoms with Gasteiger partial charge in [-0.25, -0.2) is 13.1 Å². The van der Waals surface area contributed by atoms with E-state index in [1.54, 1.807) is 0 Å². The molecule has 2 N–H and O–H groups in total. The summed E-state index contributed by atoms with van der Waals surface area (Å²) in [6.07, 6.45) is 1.90. The summed E-state index contributed by atoms with van der Waals surface area (Å²) in [7, 11) is -3.17. The Labute approximate surface area is 115 Å². The molecule has 0 saturated carbocycles. The van der Waals surface area contributed by atoms with Crippen molar-refractivity contribution in [3.05, 3.63) is 35.4 Å². The van der Waals surface area contributed by atoms with Crippen LogP contribution in [0.1, 0.15) is 24.0 Å². The summed E-state index contributed by atoms with van der Waals surface area (Å²) in [6.45, 7) is 4.26. The first kappa shape index (κ1) is 14.5. The third-order valence-corrected chi connectivity index (χ3v) is 5.03. The lowest BCUT2D eigenvalue weighted by Gasteiger charge is -2.22. The summed E-state index contributed by atoms with van der Waals surface area (Å²) in [5.41, 5.74) is 2.18. The van der Waals surface area contributed by atoms with E-state index in [1.807, 2.05) is 31.2 Å². The van der Waals surface area contributed by atoms with E-state index in [2.05, 4.69) is 10.0 Å². The van der Waals surface area contributed by atoms with Crippen LogP contribution >= 0.6 is 0 Å². The molecule has 1 saturated heterocycles. The van der Waals surface area contributed by atoms with E-state index in [9.17, 15) is 8.42 Å². The van der Waals surface area contributed by atoms with Gasteiger partial charge < -0.3 is 5.32 Å². The molecule has 1 aliphatic rings. The number of piperidine rings is 1. The van der Waals surface area contributed by atoms with Crippen molar-refractivity contribution in [2.24, 2.45) is 5.92 Å². The number of nitrogens with one attached hydrogen (secondary N) is 2. The SMILES string of the molecule is Cc1ccc(CNS(=O)(=O)CC2CCNCC2)cc1. The average Bonchev–Trinajstić information content (AvgIpc) is 2.39. The van der Waals surface area contributed by atoms with E-state index in [0.717, 1.165) is 31.5 Å². The molecule has 0 aliphatic carbocycles. The van der Waals surface area contributed by atoms with Gasteiger partial charge in [0.05, 0.1) is 5.75 Å². The predicted octanol–water partition coefficient (Wildman–Crippen LogP) is 1.41. The summed E-state index contributed by atoms with van der Waals surface area (Å²) in [5, 5.41) is 3.25. The second-order valence-corrected chi connectivity index (χ2v) is 7.13. The number of hydrogen-bond acceptors (Lipinski definition) is 3. The van der Waals surface area contributed by atoms with E-state index in [0.29, 0.717) is 6.54 Å². The molecule has 1 fully saturated rings. The Hall–Kier alpha value is -0.910. The molecule has 1 aromatic rings. The van der Waals surface area contributed by atoms with Crippen molar-refractivity contribution in [3.8, 4) is 0 Å². The van der Waals surface area contributed by atoms with Gasteiger partial charge >= 0.3 is 0 Å². The van der Waals surface area contributed by atoms with Crippen molar-refractivity contribution in [3.63, 3.8) is 0 Å². The second-order valence-electron chi connectivity index (χ2n) is 5.28. The number of hydrogen-bond donors (Lipinski definition) is 2. The second kappa shape index (κ2) is 6.50. The van der Waals surface area contributed by atoms with Gasteiger partial charge in [0.1, 0.15) is 0 Å². The zero-order chi connectivity index (χ0) is 13.7. The highest BCUT2D eigenvalue weighted by Crippen LogP contribution is 2.14. The molecule has 0 aromatic heterocycles. The fourth-order valence-electron chi connectivity index (χ4n) is 2.32. The van der Waals surface area contributed by atoms with Gasteiger partial charge in [0.15, 0.2) is 0 Å². The average molecular weight is 282 g/mol. The van der Waals surface area contributed by atoms with Crippen molar-refractivity contribution in [2.75, 3.05) is 18.8 Å². The Kier molecular flexibility index (Phi) is 4.96. The minimum Gasteiger partial charge on any atom is -0.317 e. The lowest BCUT2D eigenvalue weighted by atomic mass is 10.0. The van der Waals surface area contributed by atoms with Crippen LogP contribution < -0.4 is 10.0 Å². The molecule has 4 nitrogen and oxygen atoms in total. The van der Waals surface area contributed by atoms with Crippen LogP contribution in [0.5, 0.6) is 0 Å². The predicted molar refractivity (Wildman–Crippen MR) is 77.4 cm³/mol. The maximum Gasteiger partial charge on any atom is 0.212 e. The van der Waals surface area contributed by atoms with Gasteiger partial charge in [-0.05, 0) is 44.3 Å². The normalized spacial score (nSPS) is 17.5. The van der Waals surface area contributed by atoms with Gasteiger partial charge in [0.2, 0.25) is 10.0 Å². The first-order valence-electron chi connectivity index (χ1n) is 6.79. The number of aryl methyl sites for hydroxylation is 1. The standard InChI is InChI=1S/C14H22N2O2S/c1-12-2-4-13(5-3-12)10-16-19(17,18)11-14-6-8-15-9-7-14/h2-5,14-16H,6-11H2,1H3. The van der Waals surface area contributed by atoms with Crippen molar-refractivity contribution in [1.29, 1.82) is 0 Å². The Morgan fingerprint density at radius 1 is 1.21 bits per heavy atom. The van der Waals surface area contributed by atoms with Crippen molar-refractivity contribution >= 4 is 10.0 Å². The molecule has 2 rings (SSSR count). The maximum absolute atomic E-state index is 12.0. The van der Waals surface area contributed by atoms with Gasteiger partial charge in [-0.3, -0.25) is 0 Å². The van der Waals surface area contributed by atoms with Crippen LogP contribution in [0.4, 0.5) is 0 Å². The topological polar surface area (TPSA) is 58.2 Å². The summed E-state index contributed by atoms with van der Waals surface area (Å²) in [6, 6.07) is 7.91. The molecule has 0 spiro atoms. The van der Waals surface area contributed by atoms with Crippen molar-refractivity contribution in [2.45, 2.75) is 26.3 Å². The van der Waals surface area contributed by atoms with Gasteiger partial charge in [-0.15, -0.1) is 0 Å². The fraction of sp³-hybridized carbons (Fsp3) is 0.571. The van der Waals surface area contributed by atoms with Crippen LogP contribution in [0, 0.1) is 12.8 Å². The number of benzene rings is 1. The zero-order valence-electron chi connectivity index (χ0n) is 11.4. The molecule has 0 amide bonds. The Morgan fingerprint density at radius 3 is 2.47 bits per heavy atom. The molecule has 0 radical (unpaired) electrons. The third-order valence-electron chi connectivity index (χ3n) is 3.53. The highest BCUT2D eigenvalue weighted by atomic mass is 32.2. The Bertz CT molecular complexity index is 491. The van der Waals surface area contributed by atoms with Crippen LogP contribution in [-0.4, -0.2) is 27.3 Å². The van der Waals surface area contributed by atoms with Gasteiger partial charge in [-0.1, -0.05) is 29.8 Å².